The van der Waals surface area contributed by atoms with Crippen LogP contribution >= 0.6 is 11.8 Å². The summed E-state index contributed by atoms with van der Waals surface area (Å²) in [6.45, 7) is 1.71. The normalized spacial score (nSPS) is 10.6. The number of furan rings is 1. The number of aromatic nitrogens is 3. The average Bonchev–Trinajstić information content (AvgIpc) is 2.82. The van der Waals surface area contributed by atoms with Crippen LogP contribution in [-0.4, -0.2) is 20.7 Å². The van der Waals surface area contributed by atoms with Crippen LogP contribution in [0.15, 0.2) is 25.2 Å². The van der Waals surface area contributed by atoms with E-state index in [9.17, 15) is 14.4 Å². The van der Waals surface area contributed by atoms with E-state index in [1.165, 1.54) is 16.4 Å². The van der Waals surface area contributed by atoms with E-state index in [0.717, 1.165) is 5.56 Å². The molecule has 0 saturated carbocycles. The molecule has 0 unspecified atom stereocenters. The van der Waals surface area contributed by atoms with Crippen molar-refractivity contribution >= 4 is 17.7 Å². The molecule has 0 saturated heterocycles. The van der Waals surface area contributed by atoms with Crippen molar-refractivity contribution in [1.29, 1.82) is 0 Å². The summed E-state index contributed by atoms with van der Waals surface area (Å²) >= 11 is 1.23. The Hall–Kier alpha value is -2.33. The van der Waals surface area contributed by atoms with Crippen LogP contribution in [0.3, 0.4) is 0 Å². The van der Waals surface area contributed by atoms with E-state index in [2.05, 4.69) is 10.1 Å². The molecule has 9 nitrogen and oxygen atoms in total. The quantitative estimate of drug-likeness (QED) is 0.222. The van der Waals surface area contributed by atoms with E-state index in [1.807, 2.05) is 5.43 Å². The number of hydrogen-bond donors (Lipinski definition) is 3. The Balaban J connectivity index is 2.19. The third-order valence-electron chi connectivity index (χ3n) is 2.68. The predicted octanol–water partition coefficient (Wildman–Crippen LogP) is -0.734. The van der Waals surface area contributed by atoms with Crippen molar-refractivity contribution in [3.63, 3.8) is 0 Å². The van der Waals surface area contributed by atoms with Crippen LogP contribution in [0.2, 0.25) is 0 Å². The number of H-pyrrole nitrogens is 1. The van der Waals surface area contributed by atoms with Gasteiger partial charge in [-0.05, 0) is 13.0 Å². The highest BCUT2D eigenvalue weighted by Gasteiger charge is 2.14. The third kappa shape index (κ3) is 3.23. The monoisotopic (exact) mass is 311 g/mol. The summed E-state index contributed by atoms with van der Waals surface area (Å²) in [4.78, 5) is 37.4. The summed E-state index contributed by atoms with van der Waals surface area (Å²) in [5.41, 5.74) is 1.12. The first-order valence-electron chi connectivity index (χ1n) is 5.82. The van der Waals surface area contributed by atoms with E-state index in [1.54, 1.807) is 20.0 Å². The minimum atomic E-state index is -0.845. The zero-order chi connectivity index (χ0) is 15.6. The lowest BCUT2D eigenvalue weighted by Crippen LogP contribution is -2.33. The number of nitrogens with two attached hydrogens (primary N) is 1. The molecule has 0 atom stereocenters. The summed E-state index contributed by atoms with van der Waals surface area (Å²) in [6, 6.07) is 1.56. The van der Waals surface area contributed by atoms with Gasteiger partial charge in [0, 0.05) is 18.4 Å². The zero-order valence-electron chi connectivity index (χ0n) is 11.3. The zero-order valence-corrected chi connectivity index (χ0v) is 12.1. The van der Waals surface area contributed by atoms with Gasteiger partial charge < -0.3 is 4.42 Å². The molecule has 0 aliphatic rings. The molecule has 2 rings (SSSR count). The molecular formula is C11H13N5O4S. The molecular weight excluding hydrogens is 298 g/mol. The van der Waals surface area contributed by atoms with Crippen molar-refractivity contribution in [3.8, 4) is 0 Å². The number of aromatic amines is 1. The average molecular weight is 311 g/mol. The molecule has 0 aliphatic heterocycles. The van der Waals surface area contributed by atoms with Crippen LogP contribution in [0, 0.1) is 6.92 Å². The Bertz CT molecular complexity index is 791. The fourth-order valence-electron chi connectivity index (χ4n) is 1.58. The third-order valence-corrected chi connectivity index (χ3v) is 3.76. The lowest BCUT2D eigenvalue weighted by Gasteiger charge is -2.04. The van der Waals surface area contributed by atoms with Crippen molar-refractivity contribution in [3.05, 3.63) is 43.9 Å². The maximum Gasteiger partial charge on any atom is 0.339 e. The molecule has 1 amide bonds. The van der Waals surface area contributed by atoms with E-state index >= 15 is 0 Å². The van der Waals surface area contributed by atoms with Gasteiger partial charge in [0.2, 0.25) is 0 Å². The smallest absolute Gasteiger partial charge is 0.339 e. The Labute approximate surface area is 122 Å². The Morgan fingerprint density at radius 3 is 2.95 bits per heavy atom. The fraction of sp³-hybridized carbons (Fsp3) is 0.273. The molecule has 0 spiro atoms. The maximum absolute atomic E-state index is 11.4. The van der Waals surface area contributed by atoms with Gasteiger partial charge in [0.25, 0.3) is 0 Å². The molecule has 2 heterocycles. The molecule has 0 fully saturated rings. The molecule has 2 aromatic heterocycles. The van der Waals surface area contributed by atoms with Crippen LogP contribution in [0.25, 0.3) is 0 Å². The van der Waals surface area contributed by atoms with Gasteiger partial charge in [-0.3, -0.25) is 29.6 Å². The Morgan fingerprint density at radius 1 is 1.57 bits per heavy atom. The number of hydrazine groups is 1. The predicted molar refractivity (Wildman–Crippen MR) is 74.8 cm³/mol. The molecule has 4 N–H and O–H groups in total. The number of aryl methyl sites for hydroxylation is 2. The molecule has 112 valence electrons. The van der Waals surface area contributed by atoms with Crippen LogP contribution in [0.1, 0.15) is 21.9 Å². The highest BCUT2D eigenvalue weighted by atomic mass is 32.2. The van der Waals surface area contributed by atoms with Gasteiger partial charge >= 0.3 is 17.0 Å². The summed E-state index contributed by atoms with van der Waals surface area (Å²) in [7, 11) is 1.58. The minimum absolute atomic E-state index is 0.105. The number of hydrogen-bond acceptors (Lipinski definition) is 7. The summed E-state index contributed by atoms with van der Waals surface area (Å²) in [5, 5.41) is 2.70. The van der Waals surface area contributed by atoms with Crippen molar-refractivity contribution in [1.82, 2.24) is 20.2 Å². The topological polar surface area (TPSA) is 136 Å². The first-order valence-corrected chi connectivity index (χ1v) is 6.81. The number of nitrogens with zero attached hydrogens (tertiary/aromatic N) is 2. The fourth-order valence-corrected chi connectivity index (χ4v) is 2.54. The molecule has 0 aromatic carbocycles. The second-order valence-corrected chi connectivity index (χ2v) is 5.10. The first kappa shape index (κ1) is 15.1. The van der Waals surface area contributed by atoms with Gasteiger partial charge in [0.1, 0.15) is 5.76 Å². The van der Waals surface area contributed by atoms with E-state index in [-0.39, 0.29) is 5.76 Å². The number of nitrogen functional groups attached to an aromatic ring is 1. The summed E-state index contributed by atoms with van der Waals surface area (Å²) < 4.78 is 6.64. The van der Waals surface area contributed by atoms with Gasteiger partial charge in [-0.25, -0.2) is 5.84 Å². The Morgan fingerprint density at radius 2 is 2.29 bits per heavy atom. The first-order chi connectivity index (χ1) is 9.92. The van der Waals surface area contributed by atoms with Crippen LogP contribution in [0.5, 0.6) is 0 Å². The van der Waals surface area contributed by atoms with E-state index in [4.69, 9.17) is 10.3 Å². The molecule has 2 aromatic rings. The lowest BCUT2D eigenvalue weighted by atomic mass is 10.3. The molecule has 0 radical (unpaired) electrons. The minimum Gasteiger partial charge on any atom is -0.456 e. The van der Waals surface area contributed by atoms with Crippen LogP contribution < -0.4 is 22.4 Å². The van der Waals surface area contributed by atoms with E-state index in [0.29, 0.717) is 16.7 Å². The van der Waals surface area contributed by atoms with Crippen LogP contribution in [0.4, 0.5) is 0 Å². The van der Waals surface area contributed by atoms with Gasteiger partial charge in [-0.15, -0.1) is 0 Å². The van der Waals surface area contributed by atoms with Gasteiger partial charge in [0.05, 0.1) is 0 Å². The van der Waals surface area contributed by atoms with Crippen molar-refractivity contribution in [2.45, 2.75) is 17.8 Å². The van der Waals surface area contributed by atoms with Gasteiger partial charge in [-0.1, -0.05) is 11.8 Å². The van der Waals surface area contributed by atoms with Crippen LogP contribution in [-0.2, 0) is 12.8 Å². The standard InChI is InChI=1S/C11H13N5O4S/c1-5-6(3-7(20-5)8(17)14-12)4-21-11-13-9(18)10(19)15-16(11)2/h3H,4,12H2,1-2H3,(H,14,17)(H,15,19). The van der Waals surface area contributed by atoms with Crippen molar-refractivity contribution < 1.29 is 9.21 Å². The number of nitrogens with one attached hydrogen (secondary N) is 2. The van der Waals surface area contributed by atoms with Gasteiger partial charge in [-0.2, -0.15) is 4.98 Å². The molecule has 0 bridgehead atoms. The summed E-state index contributed by atoms with van der Waals surface area (Å²) in [6.07, 6.45) is 0. The molecule has 21 heavy (non-hydrogen) atoms. The van der Waals surface area contributed by atoms with Crippen molar-refractivity contribution in [2.75, 3.05) is 0 Å². The number of amides is 1. The van der Waals surface area contributed by atoms with E-state index < -0.39 is 17.0 Å². The number of rotatable bonds is 4. The number of thioether (sulfide) groups is 1. The highest BCUT2D eigenvalue weighted by molar-refractivity contribution is 7.98. The number of carbonyl (C=O) groups excluding carboxylic acids is 1. The van der Waals surface area contributed by atoms with Crippen molar-refractivity contribution in [2.24, 2.45) is 12.9 Å². The second kappa shape index (κ2) is 5.97. The molecule has 0 aliphatic carbocycles. The number of carbonyl (C=O) groups is 1. The largest absolute Gasteiger partial charge is 0.456 e. The maximum atomic E-state index is 11.4. The second-order valence-electron chi connectivity index (χ2n) is 4.15. The van der Waals surface area contributed by atoms with Gasteiger partial charge in [0.15, 0.2) is 10.9 Å². The SMILES string of the molecule is Cc1oc(C(=O)NN)cc1CSc1nc(=O)c(=O)[nH]n1C. The lowest BCUT2D eigenvalue weighted by molar-refractivity contribution is 0.0924. The summed E-state index contributed by atoms with van der Waals surface area (Å²) in [5.74, 6) is 5.60. The highest BCUT2D eigenvalue weighted by Crippen LogP contribution is 2.23. The Kier molecular flexibility index (Phi) is 4.29. The molecule has 10 heteroatoms.